The molecule has 1 unspecified atom stereocenters. The lowest BCUT2D eigenvalue weighted by atomic mass is 10.1. The van der Waals surface area contributed by atoms with Crippen molar-refractivity contribution in [3.05, 3.63) is 58.1 Å². The Balaban J connectivity index is 1.74. The zero-order valence-electron chi connectivity index (χ0n) is 16.5. The smallest absolute Gasteiger partial charge is 0.238 e. The zero-order chi connectivity index (χ0) is 21.0. The lowest BCUT2D eigenvalue weighted by molar-refractivity contribution is -0.117. The summed E-state index contributed by atoms with van der Waals surface area (Å²) in [5, 5.41) is 2.92. The highest BCUT2D eigenvalue weighted by Gasteiger charge is 2.33. The number of hydrogen-bond acceptors (Lipinski definition) is 5. The van der Waals surface area contributed by atoms with Crippen LogP contribution in [0, 0.1) is 6.92 Å². The molecule has 1 amide bonds. The summed E-state index contributed by atoms with van der Waals surface area (Å²) in [6, 6.07) is 13.1. The first-order valence-corrected chi connectivity index (χ1v) is 12.0. The number of aryl methyl sites for hydroxylation is 1. The molecule has 1 aliphatic heterocycles. The number of nitrogens with zero attached hydrogens (tertiary/aromatic N) is 1. The summed E-state index contributed by atoms with van der Waals surface area (Å²) in [7, 11) is -1.44. The van der Waals surface area contributed by atoms with Gasteiger partial charge in [0.25, 0.3) is 0 Å². The summed E-state index contributed by atoms with van der Waals surface area (Å²) < 4.78 is 30.0. The molecule has 156 valence electrons. The van der Waals surface area contributed by atoms with Gasteiger partial charge in [0.1, 0.15) is 5.75 Å². The van der Waals surface area contributed by atoms with E-state index < -0.39 is 9.84 Å². The lowest BCUT2D eigenvalue weighted by Crippen LogP contribution is -2.41. The number of carbonyl (C=O) groups excluding carboxylic acids is 1. The highest BCUT2D eigenvalue weighted by molar-refractivity contribution is 9.10. The second-order valence-corrected chi connectivity index (χ2v) is 10.4. The zero-order valence-corrected chi connectivity index (χ0v) is 18.9. The van der Waals surface area contributed by atoms with Crippen LogP contribution in [0.4, 0.5) is 5.69 Å². The van der Waals surface area contributed by atoms with E-state index in [0.717, 1.165) is 21.3 Å². The molecular weight excluding hydrogens is 456 g/mol. The minimum atomic E-state index is -3.05. The summed E-state index contributed by atoms with van der Waals surface area (Å²) in [5.74, 6) is 0.838. The molecule has 0 radical (unpaired) electrons. The van der Waals surface area contributed by atoms with Crippen molar-refractivity contribution in [2.75, 3.05) is 30.5 Å². The molecule has 1 fully saturated rings. The first kappa shape index (κ1) is 21.8. The van der Waals surface area contributed by atoms with Crippen molar-refractivity contribution in [3.63, 3.8) is 0 Å². The van der Waals surface area contributed by atoms with E-state index in [1.54, 1.807) is 7.11 Å². The van der Waals surface area contributed by atoms with Crippen LogP contribution in [-0.4, -0.2) is 50.4 Å². The van der Waals surface area contributed by atoms with Crippen molar-refractivity contribution < 1.29 is 17.9 Å². The van der Waals surface area contributed by atoms with Gasteiger partial charge in [-0.25, -0.2) is 8.42 Å². The molecule has 0 bridgehead atoms. The Labute approximate surface area is 180 Å². The average Bonchev–Trinajstić information content (AvgIpc) is 3.04. The molecular formula is C21H25BrN2O4S. The molecule has 1 aliphatic rings. The van der Waals surface area contributed by atoms with Gasteiger partial charge in [-0.15, -0.1) is 0 Å². The van der Waals surface area contributed by atoms with Gasteiger partial charge in [-0.05, 0) is 64.7 Å². The van der Waals surface area contributed by atoms with Crippen molar-refractivity contribution in [3.8, 4) is 5.75 Å². The van der Waals surface area contributed by atoms with Gasteiger partial charge in [0.05, 0.1) is 30.8 Å². The topological polar surface area (TPSA) is 75.7 Å². The first-order chi connectivity index (χ1) is 13.8. The van der Waals surface area contributed by atoms with Gasteiger partial charge < -0.3 is 10.1 Å². The Morgan fingerprint density at radius 1 is 1.24 bits per heavy atom. The molecule has 0 aromatic heterocycles. The summed E-state index contributed by atoms with van der Waals surface area (Å²) in [6.07, 6.45) is 0.542. The van der Waals surface area contributed by atoms with E-state index in [4.69, 9.17) is 4.74 Å². The fourth-order valence-corrected chi connectivity index (χ4v) is 5.79. The Morgan fingerprint density at radius 2 is 1.97 bits per heavy atom. The Morgan fingerprint density at radius 3 is 2.55 bits per heavy atom. The minimum Gasteiger partial charge on any atom is -0.497 e. The van der Waals surface area contributed by atoms with Gasteiger partial charge >= 0.3 is 0 Å². The number of hydrogen-bond donors (Lipinski definition) is 1. The quantitative estimate of drug-likeness (QED) is 0.656. The number of amides is 1. The van der Waals surface area contributed by atoms with Gasteiger partial charge in [0, 0.05) is 17.1 Å². The van der Waals surface area contributed by atoms with Gasteiger partial charge in [0.2, 0.25) is 5.91 Å². The maximum absolute atomic E-state index is 12.7. The molecule has 8 heteroatoms. The summed E-state index contributed by atoms with van der Waals surface area (Å²) >= 11 is 3.47. The van der Waals surface area contributed by atoms with Crippen LogP contribution in [0.1, 0.15) is 17.5 Å². The second kappa shape index (κ2) is 9.28. The summed E-state index contributed by atoms with van der Waals surface area (Å²) in [5.41, 5.74) is 2.79. The van der Waals surface area contributed by atoms with Gasteiger partial charge in [-0.1, -0.05) is 18.2 Å². The van der Waals surface area contributed by atoms with E-state index in [1.165, 1.54) is 0 Å². The number of sulfone groups is 1. The maximum Gasteiger partial charge on any atom is 0.238 e. The van der Waals surface area contributed by atoms with Crippen molar-refractivity contribution in [2.24, 2.45) is 0 Å². The second-order valence-electron chi connectivity index (χ2n) is 7.34. The van der Waals surface area contributed by atoms with Crippen molar-refractivity contribution in [1.29, 1.82) is 0 Å². The third kappa shape index (κ3) is 6.04. The van der Waals surface area contributed by atoms with Gasteiger partial charge in [-0.2, -0.15) is 0 Å². The number of anilines is 1. The minimum absolute atomic E-state index is 0.0880. The maximum atomic E-state index is 12.7. The van der Waals surface area contributed by atoms with E-state index in [-0.39, 0.29) is 30.0 Å². The predicted molar refractivity (Wildman–Crippen MR) is 118 cm³/mol. The molecule has 2 aromatic carbocycles. The van der Waals surface area contributed by atoms with Crippen LogP contribution in [0.25, 0.3) is 0 Å². The number of nitrogens with one attached hydrogen (secondary N) is 1. The molecule has 3 rings (SSSR count). The fourth-order valence-electron chi connectivity index (χ4n) is 3.44. The Hall–Kier alpha value is -1.90. The normalized spacial score (nSPS) is 18.0. The van der Waals surface area contributed by atoms with Crippen LogP contribution in [0.15, 0.2) is 46.9 Å². The summed E-state index contributed by atoms with van der Waals surface area (Å²) in [6.45, 7) is 2.59. The third-order valence-electron chi connectivity index (χ3n) is 5.01. The van der Waals surface area contributed by atoms with E-state index in [1.807, 2.05) is 54.3 Å². The number of rotatable bonds is 7. The predicted octanol–water partition coefficient (Wildman–Crippen LogP) is 3.39. The molecule has 1 N–H and O–H groups in total. The first-order valence-electron chi connectivity index (χ1n) is 9.39. The number of benzene rings is 2. The highest BCUT2D eigenvalue weighted by atomic mass is 79.9. The van der Waals surface area contributed by atoms with E-state index in [2.05, 4.69) is 21.2 Å². The van der Waals surface area contributed by atoms with Crippen LogP contribution >= 0.6 is 15.9 Å². The largest absolute Gasteiger partial charge is 0.497 e. The van der Waals surface area contributed by atoms with Crippen LogP contribution in [0.3, 0.4) is 0 Å². The average molecular weight is 481 g/mol. The van der Waals surface area contributed by atoms with Gasteiger partial charge in [-0.3, -0.25) is 9.69 Å². The SMILES string of the molecule is COc1ccc(CN(CC(=O)Nc2ccc(C)cc2Br)C2CCS(=O)(=O)C2)cc1. The molecule has 2 aromatic rings. The van der Waals surface area contributed by atoms with Crippen molar-refractivity contribution >= 4 is 37.4 Å². The molecule has 1 heterocycles. The Bertz CT molecular complexity index is 977. The lowest BCUT2D eigenvalue weighted by Gasteiger charge is -2.27. The molecule has 1 saturated heterocycles. The van der Waals surface area contributed by atoms with E-state index in [9.17, 15) is 13.2 Å². The molecule has 0 saturated carbocycles. The molecule has 1 atom stereocenters. The molecule has 0 spiro atoms. The fraction of sp³-hybridized carbons (Fsp3) is 0.381. The summed E-state index contributed by atoms with van der Waals surface area (Å²) in [4.78, 5) is 14.7. The van der Waals surface area contributed by atoms with Crippen LogP contribution in [-0.2, 0) is 21.2 Å². The van der Waals surface area contributed by atoms with Crippen molar-refractivity contribution in [2.45, 2.75) is 25.9 Å². The van der Waals surface area contributed by atoms with Crippen LogP contribution in [0.5, 0.6) is 5.75 Å². The van der Waals surface area contributed by atoms with E-state index >= 15 is 0 Å². The Kier molecular flexibility index (Phi) is 6.97. The number of ether oxygens (including phenoxy) is 1. The van der Waals surface area contributed by atoms with E-state index in [0.29, 0.717) is 18.7 Å². The highest BCUT2D eigenvalue weighted by Crippen LogP contribution is 2.24. The molecule has 29 heavy (non-hydrogen) atoms. The monoisotopic (exact) mass is 480 g/mol. The number of carbonyl (C=O) groups is 1. The standard InChI is InChI=1S/C21H25BrN2O4S/c1-15-3-8-20(19(22)11-15)23-21(25)13-24(17-9-10-29(26,27)14-17)12-16-4-6-18(28-2)7-5-16/h3-8,11,17H,9-10,12-14H2,1-2H3,(H,23,25). The third-order valence-corrected chi connectivity index (χ3v) is 7.42. The van der Waals surface area contributed by atoms with Gasteiger partial charge in [0.15, 0.2) is 9.84 Å². The molecule has 6 nitrogen and oxygen atoms in total. The van der Waals surface area contributed by atoms with Crippen molar-refractivity contribution in [1.82, 2.24) is 4.90 Å². The molecule has 0 aliphatic carbocycles. The number of methoxy groups -OCH3 is 1. The van der Waals surface area contributed by atoms with Crippen LogP contribution in [0.2, 0.25) is 0 Å². The number of halogens is 1. The van der Waals surface area contributed by atoms with Crippen LogP contribution < -0.4 is 10.1 Å².